The minimum Gasteiger partial charge on any atom is -0.354 e. The Morgan fingerprint density at radius 3 is 2.85 bits per heavy atom. The Kier molecular flexibility index (Phi) is 4.44. The van der Waals surface area contributed by atoms with Crippen molar-refractivity contribution in [3.05, 3.63) is 23.8 Å². The highest BCUT2D eigenvalue weighted by Crippen LogP contribution is 2.05. The zero-order valence-corrected chi connectivity index (χ0v) is 11.9. The second-order valence-electron chi connectivity index (χ2n) is 5.03. The predicted molar refractivity (Wildman–Crippen MR) is 71.7 cm³/mol. The minimum absolute atomic E-state index is 0.0995. The molecular formula is C12H19N7O. The molecular weight excluding hydrogens is 258 g/mol. The molecule has 1 amide bonds. The van der Waals surface area contributed by atoms with Crippen molar-refractivity contribution < 1.29 is 4.79 Å². The van der Waals surface area contributed by atoms with Crippen LogP contribution in [0.3, 0.4) is 0 Å². The van der Waals surface area contributed by atoms with E-state index in [1.54, 1.807) is 0 Å². The summed E-state index contributed by atoms with van der Waals surface area (Å²) in [5.74, 6) is 0.198. The number of tetrazole rings is 1. The lowest BCUT2D eigenvalue weighted by atomic mass is 10.2. The summed E-state index contributed by atoms with van der Waals surface area (Å²) in [6, 6.07) is 2.04. The standard InChI is InChI=1S/C12H19N7O/c1-9(6-19-11(3)4-10(2)15-19)5-13-12(20)7-18-8-14-16-17-18/h4,8-9H,5-7H2,1-3H3,(H,13,20)/t9-/m0/s1. The van der Waals surface area contributed by atoms with Crippen LogP contribution >= 0.6 is 0 Å². The van der Waals surface area contributed by atoms with E-state index in [1.807, 2.05) is 24.6 Å². The molecule has 2 aromatic heterocycles. The van der Waals surface area contributed by atoms with Crippen LogP contribution in [0.2, 0.25) is 0 Å². The number of rotatable bonds is 6. The molecule has 0 radical (unpaired) electrons. The van der Waals surface area contributed by atoms with Gasteiger partial charge in [0.05, 0.1) is 5.69 Å². The molecule has 2 aromatic rings. The van der Waals surface area contributed by atoms with Crippen molar-refractivity contribution in [3.63, 3.8) is 0 Å². The SMILES string of the molecule is Cc1cc(C)n(C[C@@H](C)CNC(=O)Cn2cnnn2)n1. The second-order valence-corrected chi connectivity index (χ2v) is 5.03. The van der Waals surface area contributed by atoms with Crippen LogP contribution in [0.5, 0.6) is 0 Å². The largest absolute Gasteiger partial charge is 0.354 e. The van der Waals surface area contributed by atoms with Crippen LogP contribution in [0.4, 0.5) is 0 Å². The Morgan fingerprint density at radius 2 is 2.25 bits per heavy atom. The maximum Gasteiger partial charge on any atom is 0.241 e. The monoisotopic (exact) mass is 277 g/mol. The number of amides is 1. The molecule has 108 valence electrons. The molecule has 0 spiro atoms. The van der Waals surface area contributed by atoms with E-state index in [1.165, 1.54) is 11.0 Å². The summed E-state index contributed by atoms with van der Waals surface area (Å²) in [5, 5.41) is 17.9. The Labute approximate surface area is 117 Å². The Hall–Kier alpha value is -2.25. The Balaban J connectivity index is 1.76. The van der Waals surface area contributed by atoms with E-state index in [2.05, 4.69) is 32.9 Å². The van der Waals surface area contributed by atoms with E-state index in [9.17, 15) is 4.79 Å². The van der Waals surface area contributed by atoms with Crippen molar-refractivity contribution in [2.75, 3.05) is 6.54 Å². The molecule has 0 aliphatic rings. The maximum atomic E-state index is 11.7. The molecule has 0 fully saturated rings. The van der Waals surface area contributed by atoms with Crippen molar-refractivity contribution in [1.29, 1.82) is 0 Å². The average Bonchev–Trinajstić information content (AvgIpc) is 2.98. The molecule has 0 bridgehead atoms. The van der Waals surface area contributed by atoms with Gasteiger partial charge in [0.1, 0.15) is 12.9 Å². The molecule has 0 saturated carbocycles. The third-order valence-corrected chi connectivity index (χ3v) is 2.93. The van der Waals surface area contributed by atoms with Gasteiger partial charge in [-0.15, -0.1) is 5.10 Å². The van der Waals surface area contributed by atoms with Crippen molar-refractivity contribution in [2.45, 2.75) is 33.9 Å². The lowest BCUT2D eigenvalue weighted by molar-refractivity contribution is -0.122. The molecule has 2 heterocycles. The summed E-state index contributed by atoms with van der Waals surface area (Å²) in [5.41, 5.74) is 2.15. The van der Waals surface area contributed by atoms with Crippen LogP contribution in [0.15, 0.2) is 12.4 Å². The molecule has 0 aliphatic heterocycles. The maximum absolute atomic E-state index is 11.7. The smallest absolute Gasteiger partial charge is 0.241 e. The van der Waals surface area contributed by atoms with Crippen molar-refractivity contribution in [1.82, 2.24) is 35.3 Å². The first-order valence-electron chi connectivity index (χ1n) is 6.53. The van der Waals surface area contributed by atoms with E-state index >= 15 is 0 Å². The van der Waals surface area contributed by atoms with Gasteiger partial charge >= 0.3 is 0 Å². The van der Waals surface area contributed by atoms with Gasteiger partial charge in [0, 0.05) is 18.8 Å². The quantitative estimate of drug-likeness (QED) is 0.798. The normalized spacial score (nSPS) is 12.3. The number of carbonyl (C=O) groups excluding carboxylic acids is 1. The third kappa shape index (κ3) is 3.87. The van der Waals surface area contributed by atoms with Crippen LogP contribution in [-0.2, 0) is 17.9 Å². The van der Waals surface area contributed by atoms with Crippen LogP contribution < -0.4 is 5.32 Å². The fraction of sp³-hybridized carbons (Fsp3) is 0.583. The van der Waals surface area contributed by atoms with Crippen molar-refractivity contribution >= 4 is 5.91 Å². The third-order valence-electron chi connectivity index (χ3n) is 2.93. The van der Waals surface area contributed by atoms with Crippen molar-refractivity contribution in [2.24, 2.45) is 5.92 Å². The van der Waals surface area contributed by atoms with Gasteiger partial charge in [-0.25, -0.2) is 4.68 Å². The summed E-state index contributed by atoms with van der Waals surface area (Å²) in [6.07, 6.45) is 1.42. The second kappa shape index (κ2) is 6.27. The van der Waals surface area contributed by atoms with Crippen LogP contribution in [0.25, 0.3) is 0 Å². The van der Waals surface area contributed by atoms with E-state index in [-0.39, 0.29) is 12.5 Å². The summed E-state index contributed by atoms with van der Waals surface area (Å²) >= 11 is 0. The number of aromatic nitrogens is 6. The van der Waals surface area contributed by atoms with Gasteiger partial charge in [-0.2, -0.15) is 5.10 Å². The first kappa shape index (κ1) is 14.2. The summed E-state index contributed by atoms with van der Waals surface area (Å²) < 4.78 is 3.36. The van der Waals surface area contributed by atoms with Gasteiger partial charge in [0.15, 0.2) is 0 Å². The molecule has 8 heteroatoms. The average molecular weight is 277 g/mol. The van der Waals surface area contributed by atoms with Crippen LogP contribution in [-0.4, -0.2) is 42.4 Å². The van der Waals surface area contributed by atoms with E-state index in [0.29, 0.717) is 12.5 Å². The van der Waals surface area contributed by atoms with Crippen molar-refractivity contribution in [3.8, 4) is 0 Å². The Morgan fingerprint density at radius 1 is 1.45 bits per heavy atom. The van der Waals surface area contributed by atoms with Gasteiger partial charge in [0.25, 0.3) is 0 Å². The first-order valence-corrected chi connectivity index (χ1v) is 6.53. The topological polar surface area (TPSA) is 90.5 Å². The van der Waals surface area contributed by atoms with Gasteiger partial charge in [0.2, 0.25) is 5.91 Å². The first-order chi connectivity index (χ1) is 9.54. The van der Waals surface area contributed by atoms with Gasteiger partial charge in [-0.1, -0.05) is 6.92 Å². The zero-order chi connectivity index (χ0) is 14.5. The number of carbonyl (C=O) groups is 1. The van der Waals surface area contributed by atoms with Crippen LogP contribution in [0.1, 0.15) is 18.3 Å². The molecule has 0 unspecified atom stereocenters. The van der Waals surface area contributed by atoms with E-state index in [4.69, 9.17) is 0 Å². The van der Waals surface area contributed by atoms with Gasteiger partial charge < -0.3 is 5.32 Å². The summed E-state index contributed by atoms with van der Waals surface area (Å²) in [6.45, 7) is 7.60. The number of nitrogens with one attached hydrogen (secondary N) is 1. The lowest BCUT2D eigenvalue weighted by Gasteiger charge is -2.13. The number of aryl methyl sites for hydroxylation is 2. The molecule has 0 saturated heterocycles. The summed E-state index contributed by atoms with van der Waals surface area (Å²) in [7, 11) is 0. The molecule has 20 heavy (non-hydrogen) atoms. The highest BCUT2D eigenvalue weighted by atomic mass is 16.2. The minimum atomic E-state index is -0.0995. The van der Waals surface area contributed by atoms with Gasteiger partial charge in [-0.3, -0.25) is 9.48 Å². The zero-order valence-electron chi connectivity index (χ0n) is 11.9. The Bertz CT molecular complexity index is 560. The van der Waals surface area contributed by atoms with E-state index < -0.39 is 0 Å². The molecule has 1 N–H and O–H groups in total. The number of hydrogen-bond acceptors (Lipinski definition) is 5. The molecule has 1 atom stereocenters. The lowest BCUT2D eigenvalue weighted by Crippen LogP contribution is -2.33. The summed E-state index contributed by atoms with van der Waals surface area (Å²) in [4.78, 5) is 11.7. The van der Waals surface area contributed by atoms with Gasteiger partial charge in [-0.05, 0) is 36.3 Å². The highest BCUT2D eigenvalue weighted by molar-refractivity contribution is 5.75. The predicted octanol–water partition coefficient (Wildman–Crippen LogP) is -0.0611. The fourth-order valence-electron chi connectivity index (χ4n) is 1.96. The number of hydrogen-bond donors (Lipinski definition) is 1. The highest BCUT2D eigenvalue weighted by Gasteiger charge is 2.09. The van der Waals surface area contributed by atoms with Crippen LogP contribution in [0, 0.1) is 19.8 Å². The number of nitrogens with zero attached hydrogens (tertiary/aromatic N) is 6. The fourth-order valence-corrected chi connectivity index (χ4v) is 1.96. The molecule has 0 aromatic carbocycles. The van der Waals surface area contributed by atoms with E-state index in [0.717, 1.165) is 17.9 Å². The molecule has 8 nitrogen and oxygen atoms in total. The molecule has 0 aliphatic carbocycles. The molecule has 2 rings (SSSR count).